The molecule has 5 atom stereocenters. The summed E-state index contributed by atoms with van der Waals surface area (Å²) in [5.74, 6) is -0.174. The van der Waals surface area contributed by atoms with E-state index in [1.165, 1.54) is 5.56 Å². The molecule has 6 nitrogen and oxygen atoms in total. The van der Waals surface area contributed by atoms with Crippen LogP contribution in [0.2, 0.25) is 0 Å². The lowest BCUT2D eigenvalue weighted by atomic mass is 9.77. The molecule has 1 fully saturated rings. The van der Waals surface area contributed by atoms with Crippen molar-refractivity contribution in [3.63, 3.8) is 0 Å². The van der Waals surface area contributed by atoms with Crippen molar-refractivity contribution < 1.29 is 20.1 Å². The molecule has 0 bridgehead atoms. The molecule has 4 N–H and O–H groups in total. The van der Waals surface area contributed by atoms with Gasteiger partial charge in [-0.3, -0.25) is 9.69 Å². The molecule has 0 spiro atoms. The van der Waals surface area contributed by atoms with Gasteiger partial charge in [0, 0.05) is 6.54 Å². The predicted octanol–water partition coefficient (Wildman–Crippen LogP) is -0.771. The fraction of sp³-hybridized carbons (Fsp3) is 0.588. The minimum atomic E-state index is -0.994. The second kappa shape index (κ2) is 6.57. The number of carbonyl (C=O) groups is 1. The van der Waals surface area contributed by atoms with E-state index in [0.717, 1.165) is 12.0 Å². The van der Waals surface area contributed by atoms with Crippen LogP contribution in [0, 0.1) is 0 Å². The molecule has 1 saturated heterocycles. The number of nitrogens with one attached hydrogen (secondary N) is 1. The van der Waals surface area contributed by atoms with Crippen molar-refractivity contribution in [2.75, 3.05) is 19.7 Å². The van der Waals surface area contributed by atoms with Gasteiger partial charge >= 0.3 is 0 Å². The van der Waals surface area contributed by atoms with Gasteiger partial charge in [0.1, 0.15) is 0 Å². The minimum absolute atomic E-state index is 0.0473. The van der Waals surface area contributed by atoms with Gasteiger partial charge in [-0.1, -0.05) is 31.2 Å². The molecule has 1 aliphatic heterocycles. The lowest BCUT2D eigenvalue weighted by Crippen LogP contribution is -2.48. The molecule has 2 aliphatic rings. The SMILES string of the molecule is CCN1C(CO)[C@@H](O)C(O)[C@H]1CNC(=O)C1Cc2ccccc21. The number of fused-ring (bicyclic) bond motifs is 1. The van der Waals surface area contributed by atoms with Crippen LogP contribution in [-0.4, -0.2) is 70.1 Å². The summed E-state index contributed by atoms with van der Waals surface area (Å²) in [6.07, 6.45) is -1.22. The fourth-order valence-electron chi connectivity index (χ4n) is 3.83. The summed E-state index contributed by atoms with van der Waals surface area (Å²) in [6, 6.07) is 7.03. The highest BCUT2D eigenvalue weighted by Crippen LogP contribution is 2.35. The van der Waals surface area contributed by atoms with Crippen LogP contribution in [0.25, 0.3) is 0 Å². The molecule has 3 unspecified atom stereocenters. The third kappa shape index (κ3) is 2.76. The number of rotatable bonds is 5. The highest BCUT2D eigenvalue weighted by atomic mass is 16.3. The van der Waals surface area contributed by atoms with Crippen LogP contribution in [0.5, 0.6) is 0 Å². The van der Waals surface area contributed by atoms with E-state index in [1.807, 2.05) is 36.1 Å². The molecule has 1 aromatic rings. The zero-order valence-electron chi connectivity index (χ0n) is 13.2. The summed E-state index contributed by atoms with van der Waals surface area (Å²) >= 11 is 0. The smallest absolute Gasteiger partial charge is 0.227 e. The van der Waals surface area contributed by atoms with Crippen molar-refractivity contribution in [1.29, 1.82) is 0 Å². The standard InChI is InChI=1S/C17H24N2O4/c1-2-19-13(15(21)16(22)14(19)9-20)8-18-17(23)12-7-10-5-3-4-6-11(10)12/h3-6,12-16,20-22H,2,7-9H2,1H3,(H,18,23)/t12?,13-,14?,15?,16-/m1/s1. The van der Waals surface area contributed by atoms with Crippen LogP contribution in [-0.2, 0) is 11.2 Å². The zero-order valence-corrected chi connectivity index (χ0v) is 13.2. The van der Waals surface area contributed by atoms with Gasteiger partial charge in [-0.15, -0.1) is 0 Å². The highest BCUT2D eigenvalue weighted by molar-refractivity contribution is 5.86. The van der Waals surface area contributed by atoms with Crippen molar-refractivity contribution >= 4 is 5.91 Å². The monoisotopic (exact) mass is 320 g/mol. The minimum Gasteiger partial charge on any atom is -0.395 e. The zero-order chi connectivity index (χ0) is 16.6. The first-order chi connectivity index (χ1) is 11.1. The fourth-order valence-corrected chi connectivity index (χ4v) is 3.83. The van der Waals surface area contributed by atoms with E-state index in [4.69, 9.17) is 0 Å². The number of aliphatic hydroxyl groups is 3. The number of aliphatic hydroxyl groups excluding tert-OH is 3. The Morgan fingerprint density at radius 3 is 2.61 bits per heavy atom. The normalized spacial score (nSPS) is 33.1. The molecule has 1 heterocycles. The Balaban J connectivity index is 1.61. The summed E-state index contributed by atoms with van der Waals surface area (Å²) in [4.78, 5) is 14.2. The van der Waals surface area contributed by atoms with Crippen LogP contribution in [0.3, 0.4) is 0 Å². The molecule has 23 heavy (non-hydrogen) atoms. The summed E-state index contributed by atoms with van der Waals surface area (Å²) in [6.45, 7) is 2.54. The van der Waals surface area contributed by atoms with Crippen molar-refractivity contribution in [3.8, 4) is 0 Å². The molecule has 1 aromatic carbocycles. The molecule has 0 aromatic heterocycles. The average molecular weight is 320 g/mol. The number of nitrogens with zero attached hydrogens (tertiary/aromatic N) is 1. The number of likely N-dealkylation sites (tertiary alicyclic amines) is 1. The van der Waals surface area contributed by atoms with E-state index in [2.05, 4.69) is 5.32 Å². The maximum atomic E-state index is 12.4. The van der Waals surface area contributed by atoms with Crippen molar-refractivity contribution in [2.45, 2.75) is 43.6 Å². The van der Waals surface area contributed by atoms with Gasteiger partial charge in [-0.2, -0.15) is 0 Å². The first-order valence-electron chi connectivity index (χ1n) is 8.16. The van der Waals surface area contributed by atoms with Crippen LogP contribution in [0.1, 0.15) is 24.0 Å². The van der Waals surface area contributed by atoms with Gasteiger partial charge in [-0.05, 0) is 24.1 Å². The number of likely N-dealkylation sites (N-methyl/N-ethyl adjacent to an activating group) is 1. The van der Waals surface area contributed by atoms with Gasteiger partial charge in [0.15, 0.2) is 0 Å². The summed E-state index contributed by atoms with van der Waals surface area (Å²) in [5, 5.41) is 32.5. The number of carbonyl (C=O) groups excluding carboxylic acids is 1. The Labute approximate surface area is 135 Å². The van der Waals surface area contributed by atoms with Crippen LogP contribution >= 0.6 is 0 Å². The van der Waals surface area contributed by atoms with Gasteiger partial charge in [0.25, 0.3) is 0 Å². The van der Waals surface area contributed by atoms with Gasteiger partial charge in [0.2, 0.25) is 5.91 Å². The molecule has 0 radical (unpaired) electrons. The van der Waals surface area contributed by atoms with E-state index < -0.39 is 18.2 Å². The summed E-state index contributed by atoms with van der Waals surface area (Å²) in [7, 11) is 0. The van der Waals surface area contributed by atoms with Crippen molar-refractivity contribution in [3.05, 3.63) is 35.4 Å². The third-order valence-corrected chi connectivity index (χ3v) is 5.20. The van der Waals surface area contributed by atoms with E-state index >= 15 is 0 Å². The predicted molar refractivity (Wildman–Crippen MR) is 85.0 cm³/mol. The first-order valence-corrected chi connectivity index (χ1v) is 8.16. The second-order valence-electron chi connectivity index (χ2n) is 6.33. The summed E-state index contributed by atoms with van der Waals surface area (Å²) < 4.78 is 0. The largest absolute Gasteiger partial charge is 0.395 e. The van der Waals surface area contributed by atoms with Crippen molar-refractivity contribution in [2.24, 2.45) is 0 Å². The van der Waals surface area contributed by atoms with Gasteiger partial charge in [0.05, 0.1) is 36.8 Å². The van der Waals surface area contributed by atoms with E-state index in [0.29, 0.717) is 6.54 Å². The van der Waals surface area contributed by atoms with Crippen LogP contribution < -0.4 is 5.32 Å². The number of hydrogen-bond donors (Lipinski definition) is 4. The highest BCUT2D eigenvalue weighted by Gasteiger charge is 2.46. The Morgan fingerprint density at radius 2 is 1.96 bits per heavy atom. The maximum absolute atomic E-state index is 12.4. The van der Waals surface area contributed by atoms with E-state index in [-0.39, 0.29) is 31.0 Å². The van der Waals surface area contributed by atoms with Crippen LogP contribution in [0.15, 0.2) is 24.3 Å². The molecule has 0 saturated carbocycles. The Hall–Kier alpha value is -1.47. The lowest BCUT2D eigenvalue weighted by molar-refractivity contribution is -0.123. The Kier molecular flexibility index (Phi) is 4.68. The number of benzene rings is 1. The maximum Gasteiger partial charge on any atom is 0.227 e. The number of amides is 1. The van der Waals surface area contributed by atoms with Gasteiger partial charge < -0.3 is 20.6 Å². The molecule has 3 rings (SSSR count). The Morgan fingerprint density at radius 1 is 1.26 bits per heavy atom. The van der Waals surface area contributed by atoms with E-state index in [9.17, 15) is 20.1 Å². The molecule has 126 valence electrons. The molecule has 6 heteroatoms. The van der Waals surface area contributed by atoms with E-state index in [1.54, 1.807) is 0 Å². The molecule has 1 amide bonds. The quantitative estimate of drug-likeness (QED) is 0.572. The Bertz CT molecular complexity index is 579. The first kappa shape index (κ1) is 16.4. The second-order valence-corrected chi connectivity index (χ2v) is 6.33. The molecular weight excluding hydrogens is 296 g/mol. The van der Waals surface area contributed by atoms with Crippen molar-refractivity contribution in [1.82, 2.24) is 10.2 Å². The lowest BCUT2D eigenvalue weighted by Gasteiger charge is -2.31. The topological polar surface area (TPSA) is 93.0 Å². The molecular formula is C17H24N2O4. The third-order valence-electron chi connectivity index (χ3n) is 5.20. The summed E-state index contributed by atoms with van der Waals surface area (Å²) in [5.41, 5.74) is 2.28. The number of hydrogen-bond acceptors (Lipinski definition) is 5. The van der Waals surface area contributed by atoms with Crippen LogP contribution in [0.4, 0.5) is 0 Å². The average Bonchev–Trinajstić information content (AvgIpc) is 2.77. The molecule has 1 aliphatic carbocycles. The van der Waals surface area contributed by atoms with Gasteiger partial charge in [-0.25, -0.2) is 0 Å².